The van der Waals surface area contributed by atoms with Crippen LogP contribution in [-0.4, -0.2) is 59.7 Å². The van der Waals surface area contributed by atoms with Crippen LogP contribution in [0, 0.1) is 0 Å². The minimum atomic E-state index is -0.674. The Balaban J connectivity index is 2.19. The van der Waals surface area contributed by atoms with Crippen LogP contribution >= 0.6 is 0 Å². The van der Waals surface area contributed by atoms with Gasteiger partial charge in [0.25, 0.3) is 0 Å². The predicted octanol–water partition coefficient (Wildman–Crippen LogP) is 2.67. The highest BCUT2D eigenvalue weighted by atomic mass is 16.6. The third-order valence-corrected chi connectivity index (χ3v) is 4.04. The Hall–Kier alpha value is -2.08. The summed E-state index contributed by atoms with van der Waals surface area (Å²) in [6.07, 6.45) is -0.477. The van der Waals surface area contributed by atoms with E-state index in [2.05, 4.69) is 0 Å². The van der Waals surface area contributed by atoms with E-state index in [-0.39, 0.29) is 18.6 Å². The van der Waals surface area contributed by atoms with E-state index in [1.807, 2.05) is 58.0 Å². The molecule has 0 spiro atoms. The number of amides is 2. The first kappa shape index (κ1) is 19.2. The molecule has 1 aliphatic rings. The van der Waals surface area contributed by atoms with E-state index in [1.54, 1.807) is 4.90 Å². The molecule has 1 fully saturated rings. The number of piperazine rings is 1. The second-order valence-electron chi connectivity index (χ2n) is 7.41. The second-order valence-corrected chi connectivity index (χ2v) is 7.41. The van der Waals surface area contributed by atoms with Crippen LogP contribution < -0.4 is 0 Å². The monoisotopic (exact) mass is 348 g/mol. The van der Waals surface area contributed by atoms with Gasteiger partial charge in [-0.1, -0.05) is 30.3 Å². The molecule has 0 aromatic heterocycles. The lowest BCUT2D eigenvalue weighted by atomic mass is 10.1. The Morgan fingerprint density at radius 1 is 1.24 bits per heavy atom. The molecule has 2 amide bonds. The van der Waals surface area contributed by atoms with E-state index >= 15 is 0 Å². The zero-order chi connectivity index (χ0) is 18.6. The molecule has 0 radical (unpaired) electrons. The lowest BCUT2D eigenvalue weighted by Gasteiger charge is -2.44. The lowest BCUT2D eigenvalue weighted by Crippen LogP contribution is -2.64. The maximum atomic E-state index is 12.9. The molecule has 2 atom stereocenters. The molecule has 6 nitrogen and oxygen atoms in total. The van der Waals surface area contributed by atoms with Crippen LogP contribution in [0.4, 0.5) is 4.79 Å². The first-order valence-corrected chi connectivity index (χ1v) is 8.56. The van der Waals surface area contributed by atoms with Gasteiger partial charge in [-0.25, -0.2) is 4.79 Å². The second kappa shape index (κ2) is 7.87. The standard InChI is InChI=1S/C19H28N2O4/c1-14-11-20(12-15-9-7-6-8-10-15)17(22)16(13-24-5)21(14)18(23)25-19(2,3)4/h6-10,14,16H,11-13H2,1-5H3/t14-,16-/m0/s1. The van der Waals surface area contributed by atoms with Crippen molar-refractivity contribution < 1.29 is 19.1 Å². The fourth-order valence-electron chi connectivity index (χ4n) is 3.01. The van der Waals surface area contributed by atoms with E-state index < -0.39 is 17.7 Å². The molecular weight excluding hydrogens is 320 g/mol. The first-order valence-electron chi connectivity index (χ1n) is 8.56. The van der Waals surface area contributed by atoms with Gasteiger partial charge in [-0.05, 0) is 33.3 Å². The highest BCUT2D eigenvalue weighted by Crippen LogP contribution is 2.22. The molecule has 0 N–H and O–H groups in total. The first-order chi connectivity index (χ1) is 11.7. The van der Waals surface area contributed by atoms with Gasteiger partial charge in [0.05, 0.1) is 12.6 Å². The Bertz CT molecular complexity index is 597. The van der Waals surface area contributed by atoms with Crippen molar-refractivity contribution in [3.05, 3.63) is 35.9 Å². The van der Waals surface area contributed by atoms with Crippen LogP contribution in [0.5, 0.6) is 0 Å². The number of benzene rings is 1. The summed E-state index contributed by atoms with van der Waals surface area (Å²) in [7, 11) is 1.53. The average Bonchev–Trinajstić information content (AvgIpc) is 2.51. The van der Waals surface area contributed by atoms with Crippen molar-refractivity contribution in [1.29, 1.82) is 0 Å². The molecule has 0 aliphatic carbocycles. The zero-order valence-electron chi connectivity index (χ0n) is 15.7. The summed E-state index contributed by atoms with van der Waals surface area (Å²) >= 11 is 0. The Morgan fingerprint density at radius 2 is 1.88 bits per heavy atom. The van der Waals surface area contributed by atoms with E-state index in [1.165, 1.54) is 12.0 Å². The van der Waals surface area contributed by atoms with Crippen LogP contribution in [0.3, 0.4) is 0 Å². The number of nitrogens with zero attached hydrogens (tertiary/aromatic N) is 2. The lowest BCUT2D eigenvalue weighted by molar-refractivity contribution is -0.147. The van der Waals surface area contributed by atoms with E-state index in [4.69, 9.17) is 9.47 Å². The number of carbonyl (C=O) groups excluding carboxylic acids is 2. The summed E-state index contributed by atoms with van der Waals surface area (Å²) in [5.41, 5.74) is 0.448. The van der Waals surface area contributed by atoms with Crippen molar-refractivity contribution in [2.75, 3.05) is 20.3 Å². The summed E-state index contributed by atoms with van der Waals surface area (Å²) in [5, 5.41) is 0. The summed E-state index contributed by atoms with van der Waals surface area (Å²) in [6.45, 7) is 8.50. The van der Waals surface area contributed by atoms with Crippen molar-refractivity contribution in [1.82, 2.24) is 9.80 Å². The van der Waals surface area contributed by atoms with Gasteiger partial charge in [-0.2, -0.15) is 0 Å². The molecule has 2 rings (SSSR count). The number of methoxy groups -OCH3 is 1. The molecule has 0 saturated carbocycles. The molecule has 25 heavy (non-hydrogen) atoms. The molecule has 1 aromatic rings. The summed E-state index contributed by atoms with van der Waals surface area (Å²) < 4.78 is 10.7. The minimum absolute atomic E-state index is 0.116. The average molecular weight is 348 g/mol. The maximum absolute atomic E-state index is 12.9. The van der Waals surface area contributed by atoms with Crippen molar-refractivity contribution in [3.63, 3.8) is 0 Å². The van der Waals surface area contributed by atoms with Gasteiger partial charge < -0.3 is 14.4 Å². The fourth-order valence-corrected chi connectivity index (χ4v) is 3.01. The van der Waals surface area contributed by atoms with Gasteiger partial charge in [0.15, 0.2) is 0 Å². The SMILES string of the molecule is COC[C@H]1C(=O)N(Cc2ccccc2)C[C@H](C)N1C(=O)OC(C)(C)C. The third-order valence-electron chi connectivity index (χ3n) is 4.04. The summed E-state index contributed by atoms with van der Waals surface area (Å²) in [6, 6.07) is 9.00. The van der Waals surface area contributed by atoms with Crippen molar-refractivity contribution >= 4 is 12.0 Å². The zero-order valence-corrected chi connectivity index (χ0v) is 15.7. The molecule has 1 heterocycles. The topological polar surface area (TPSA) is 59.1 Å². The number of hydrogen-bond donors (Lipinski definition) is 0. The molecule has 138 valence electrons. The molecule has 0 unspecified atom stereocenters. The third kappa shape index (κ3) is 4.95. The number of rotatable bonds is 4. The van der Waals surface area contributed by atoms with Gasteiger partial charge in [-0.3, -0.25) is 9.69 Å². The largest absolute Gasteiger partial charge is 0.444 e. The highest BCUT2D eigenvalue weighted by molar-refractivity contribution is 5.87. The fraction of sp³-hybridized carbons (Fsp3) is 0.579. The number of hydrogen-bond acceptors (Lipinski definition) is 4. The van der Waals surface area contributed by atoms with Crippen molar-refractivity contribution in [2.45, 2.75) is 51.9 Å². The molecular formula is C19H28N2O4. The minimum Gasteiger partial charge on any atom is -0.444 e. The van der Waals surface area contributed by atoms with Gasteiger partial charge >= 0.3 is 6.09 Å². The summed E-state index contributed by atoms with van der Waals surface area (Å²) in [4.78, 5) is 28.8. The van der Waals surface area contributed by atoms with Gasteiger partial charge in [0, 0.05) is 20.2 Å². The van der Waals surface area contributed by atoms with E-state index in [0.717, 1.165) is 5.56 Å². The quantitative estimate of drug-likeness (QED) is 0.839. The molecule has 1 aliphatic heterocycles. The Kier molecular flexibility index (Phi) is 6.06. The van der Waals surface area contributed by atoms with Crippen LogP contribution in [-0.2, 0) is 20.8 Å². The van der Waals surface area contributed by atoms with Crippen LogP contribution in [0.2, 0.25) is 0 Å². The van der Waals surface area contributed by atoms with Crippen LogP contribution in [0.1, 0.15) is 33.3 Å². The Labute approximate surface area is 149 Å². The van der Waals surface area contributed by atoms with Gasteiger partial charge in [-0.15, -0.1) is 0 Å². The van der Waals surface area contributed by atoms with E-state index in [9.17, 15) is 9.59 Å². The molecule has 0 bridgehead atoms. The van der Waals surface area contributed by atoms with Crippen LogP contribution in [0.15, 0.2) is 30.3 Å². The predicted molar refractivity (Wildman–Crippen MR) is 95.1 cm³/mol. The van der Waals surface area contributed by atoms with Crippen LogP contribution in [0.25, 0.3) is 0 Å². The van der Waals surface area contributed by atoms with Gasteiger partial charge in [0.2, 0.25) is 5.91 Å². The van der Waals surface area contributed by atoms with Crippen molar-refractivity contribution in [3.8, 4) is 0 Å². The number of ether oxygens (including phenoxy) is 2. The molecule has 1 aromatic carbocycles. The van der Waals surface area contributed by atoms with Gasteiger partial charge in [0.1, 0.15) is 11.6 Å². The van der Waals surface area contributed by atoms with Crippen molar-refractivity contribution in [2.24, 2.45) is 0 Å². The van der Waals surface area contributed by atoms with E-state index in [0.29, 0.717) is 13.1 Å². The smallest absolute Gasteiger partial charge is 0.411 e. The maximum Gasteiger partial charge on any atom is 0.411 e. The molecule has 1 saturated heterocycles. The normalized spacial score (nSPS) is 21.4. The molecule has 6 heteroatoms. The summed E-state index contributed by atoms with van der Waals surface area (Å²) in [5.74, 6) is -0.116. The number of carbonyl (C=O) groups is 2. The Morgan fingerprint density at radius 3 is 2.44 bits per heavy atom. The highest BCUT2D eigenvalue weighted by Gasteiger charge is 2.43.